The van der Waals surface area contributed by atoms with Crippen molar-refractivity contribution in [3.63, 3.8) is 0 Å². The quantitative estimate of drug-likeness (QED) is 0.383. The number of hydrogen-bond donors (Lipinski definition) is 1. The summed E-state index contributed by atoms with van der Waals surface area (Å²) in [5, 5.41) is 0. The summed E-state index contributed by atoms with van der Waals surface area (Å²) in [7, 11) is 0. The monoisotopic (exact) mass is 263 g/mol. The second kappa shape index (κ2) is 3.92. The van der Waals surface area contributed by atoms with Gasteiger partial charge < -0.3 is 4.74 Å². The summed E-state index contributed by atoms with van der Waals surface area (Å²) >= 11 is 2.02. The zero-order chi connectivity index (χ0) is 8.27. The van der Waals surface area contributed by atoms with E-state index in [0.717, 1.165) is 11.3 Å². The third-order valence-corrected chi connectivity index (χ3v) is 1.59. The summed E-state index contributed by atoms with van der Waals surface area (Å²) in [6, 6.07) is 7.81. The molecular formula is C8H10INO. The molecule has 0 aliphatic carbocycles. The van der Waals surface area contributed by atoms with Crippen LogP contribution in [0.25, 0.3) is 0 Å². The third-order valence-electron chi connectivity index (χ3n) is 1.33. The van der Waals surface area contributed by atoms with Gasteiger partial charge in [0.05, 0.1) is 0 Å². The van der Waals surface area contributed by atoms with Crippen LogP contribution in [0.2, 0.25) is 0 Å². The Morgan fingerprint density at radius 1 is 1.45 bits per heavy atom. The Morgan fingerprint density at radius 2 is 2.09 bits per heavy atom. The molecule has 0 aliphatic rings. The molecule has 1 atom stereocenters. The minimum Gasteiger partial charge on any atom is -0.466 e. The molecule has 2 nitrogen and oxygen atoms in total. The Balaban J connectivity index is 2.78. The lowest BCUT2D eigenvalue weighted by Crippen LogP contribution is -2.18. The predicted octanol–water partition coefficient (Wildman–Crippen LogP) is 2.05. The zero-order valence-electron chi connectivity index (χ0n) is 6.25. The molecule has 0 aliphatic heterocycles. The molecule has 2 N–H and O–H groups in total. The van der Waals surface area contributed by atoms with E-state index >= 15 is 0 Å². The molecule has 11 heavy (non-hydrogen) atoms. The summed E-state index contributed by atoms with van der Waals surface area (Å²) in [4.78, 5) is 0. The van der Waals surface area contributed by atoms with Crippen molar-refractivity contribution in [2.24, 2.45) is 5.73 Å². The first-order valence-corrected chi connectivity index (χ1v) is 4.56. The fraction of sp³-hybridized carbons (Fsp3) is 0.250. The van der Waals surface area contributed by atoms with Crippen LogP contribution < -0.4 is 10.5 Å². The maximum Gasteiger partial charge on any atom is 0.199 e. The fourth-order valence-corrected chi connectivity index (χ4v) is 1.08. The minimum atomic E-state index is -0.270. The van der Waals surface area contributed by atoms with Gasteiger partial charge in [-0.3, -0.25) is 5.73 Å². The highest BCUT2D eigenvalue weighted by atomic mass is 127. The number of ether oxygens (including phenoxy) is 1. The van der Waals surface area contributed by atoms with E-state index in [0.29, 0.717) is 0 Å². The number of benzene rings is 1. The standard InChI is InChI=1S/C8H10INO/c1-6-4-2-3-5-7(6)11-8(9)10/h2-5,8H,10H2,1H3. The lowest BCUT2D eigenvalue weighted by atomic mass is 10.2. The van der Waals surface area contributed by atoms with E-state index in [-0.39, 0.29) is 4.23 Å². The molecule has 0 heterocycles. The van der Waals surface area contributed by atoms with E-state index in [4.69, 9.17) is 10.5 Å². The van der Waals surface area contributed by atoms with Crippen molar-refractivity contribution < 1.29 is 4.74 Å². The van der Waals surface area contributed by atoms with Gasteiger partial charge in [-0.1, -0.05) is 18.2 Å². The van der Waals surface area contributed by atoms with E-state index in [1.54, 1.807) is 0 Å². The minimum absolute atomic E-state index is 0.270. The van der Waals surface area contributed by atoms with Gasteiger partial charge in [0.1, 0.15) is 5.75 Å². The summed E-state index contributed by atoms with van der Waals surface area (Å²) in [5.41, 5.74) is 6.57. The molecule has 0 bridgehead atoms. The predicted molar refractivity (Wildman–Crippen MR) is 53.8 cm³/mol. The van der Waals surface area contributed by atoms with Crippen LogP contribution in [-0.4, -0.2) is 4.23 Å². The molecule has 0 saturated heterocycles. The van der Waals surface area contributed by atoms with Crippen LogP contribution in [0.5, 0.6) is 5.75 Å². The van der Waals surface area contributed by atoms with Crippen LogP contribution >= 0.6 is 22.6 Å². The van der Waals surface area contributed by atoms with Crippen LogP contribution in [0, 0.1) is 6.92 Å². The Bertz CT molecular complexity index is 237. The van der Waals surface area contributed by atoms with Gasteiger partial charge in [-0.2, -0.15) is 0 Å². The highest BCUT2D eigenvalue weighted by Crippen LogP contribution is 2.17. The summed E-state index contributed by atoms with van der Waals surface area (Å²) in [6.45, 7) is 1.99. The van der Waals surface area contributed by atoms with Gasteiger partial charge in [0, 0.05) is 0 Å². The number of alkyl halides is 1. The molecule has 0 fully saturated rings. The lowest BCUT2D eigenvalue weighted by molar-refractivity contribution is 0.309. The highest BCUT2D eigenvalue weighted by Gasteiger charge is 1.99. The first-order valence-electron chi connectivity index (χ1n) is 3.32. The smallest absolute Gasteiger partial charge is 0.199 e. The number of hydrogen-bond acceptors (Lipinski definition) is 2. The molecule has 0 spiro atoms. The topological polar surface area (TPSA) is 35.2 Å². The largest absolute Gasteiger partial charge is 0.466 e. The van der Waals surface area contributed by atoms with Crippen molar-refractivity contribution in [1.82, 2.24) is 0 Å². The van der Waals surface area contributed by atoms with E-state index < -0.39 is 0 Å². The molecule has 0 amide bonds. The number of halogens is 1. The summed E-state index contributed by atoms with van der Waals surface area (Å²) < 4.78 is 5.04. The molecule has 0 radical (unpaired) electrons. The lowest BCUT2D eigenvalue weighted by Gasteiger charge is -2.09. The van der Waals surface area contributed by atoms with Gasteiger partial charge in [-0.15, -0.1) is 0 Å². The molecule has 1 unspecified atom stereocenters. The number of rotatable bonds is 2. The van der Waals surface area contributed by atoms with Gasteiger partial charge in [0.2, 0.25) is 0 Å². The fourth-order valence-electron chi connectivity index (χ4n) is 0.810. The molecule has 0 aromatic heterocycles. The maximum absolute atomic E-state index is 5.46. The van der Waals surface area contributed by atoms with Crippen molar-refractivity contribution in [1.29, 1.82) is 0 Å². The molecule has 3 heteroatoms. The van der Waals surface area contributed by atoms with Crippen LogP contribution in [0.15, 0.2) is 24.3 Å². The molecule has 1 rings (SSSR count). The Kier molecular flexibility index (Phi) is 3.14. The SMILES string of the molecule is Cc1ccccc1OC(N)I. The average Bonchev–Trinajstić information content (AvgIpc) is 1.93. The third kappa shape index (κ3) is 2.67. The van der Waals surface area contributed by atoms with E-state index in [1.165, 1.54) is 0 Å². The number of aryl methyl sites for hydroxylation is 1. The van der Waals surface area contributed by atoms with Gasteiger partial charge in [0.25, 0.3) is 0 Å². The van der Waals surface area contributed by atoms with Gasteiger partial charge in [0.15, 0.2) is 4.23 Å². The van der Waals surface area contributed by atoms with Crippen molar-refractivity contribution in [3.8, 4) is 5.75 Å². The van der Waals surface area contributed by atoms with E-state index in [1.807, 2.05) is 53.8 Å². The van der Waals surface area contributed by atoms with Crippen LogP contribution in [0.4, 0.5) is 0 Å². The second-order valence-corrected chi connectivity index (χ2v) is 3.46. The first-order chi connectivity index (χ1) is 5.20. The van der Waals surface area contributed by atoms with Crippen molar-refractivity contribution in [2.75, 3.05) is 0 Å². The molecule has 1 aromatic carbocycles. The van der Waals surface area contributed by atoms with E-state index in [2.05, 4.69) is 0 Å². The zero-order valence-corrected chi connectivity index (χ0v) is 8.41. The molecule has 60 valence electrons. The van der Waals surface area contributed by atoms with Crippen molar-refractivity contribution in [2.45, 2.75) is 11.2 Å². The van der Waals surface area contributed by atoms with Crippen molar-refractivity contribution in [3.05, 3.63) is 29.8 Å². The van der Waals surface area contributed by atoms with E-state index in [9.17, 15) is 0 Å². The van der Waals surface area contributed by atoms with Crippen LogP contribution in [-0.2, 0) is 0 Å². The number of nitrogens with two attached hydrogens (primary N) is 1. The molecule has 0 saturated carbocycles. The van der Waals surface area contributed by atoms with Crippen LogP contribution in [0.3, 0.4) is 0 Å². The summed E-state index contributed by atoms with van der Waals surface area (Å²) in [6.07, 6.45) is 0. The molecule has 1 aromatic rings. The Hall–Kier alpha value is -0.290. The van der Waals surface area contributed by atoms with Crippen molar-refractivity contribution >= 4 is 22.6 Å². The normalized spacial score (nSPS) is 12.6. The van der Waals surface area contributed by atoms with Gasteiger partial charge in [-0.05, 0) is 41.1 Å². The highest BCUT2D eigenvalue weighted by molar-refractivity contribution is 14.1. The summed E-state index contributed by atoms with van der Waals surface area (Å²) in [5.74, 6) is 0.856. The maximum atomic E-state index is 5.46. The second-order valence-electron chi connectivity index (χ2n) is 2.23. The van der Waals surface area contributed by atoms with Gasteiger partial charge >= 0.3 is 0 Å². The number of para-hydroxylation sites is 1. The average molecular weight is 263 g/mol. The Labute approximate surface area is 79.9 Å². The first kappa shape index (κ1) is 8.80. The molecular weight excluding hydrogens is 253 g/mol. The van der Waals surface area contributed by atoms with Crippen LogP contribution in [0.1, 0.15) is 5.56 Å². The Morgan fingerprint density at radius 3 is 2.64 bits per heavy atom. The van der Waals surface area contributed by atoms with Gasteiger partial charge in [-0.25, -0.2) is 0 Å².